The van der Waals surface area contributed by atoms with Crippen LogP contribution in [0.4, 0.5) is 14.5 Å². The van der Waals surface area contributed by atoms with Crippen LogP contribution in [0.1, 0.15) is 17.3 Å². The van der Waals surface area contributed by atoms with E-state index < -0.39 is 5.82 Å². The average molecular weight is 340 g/mol. The van der Waals surface area contributed by atoms with Crippen molar-refractivity contribution in [2.75, 3.05) is 11.4 Å². The zero-order valence-electron chi connectivity index (χ0n) is 10.7. The quantitative estimate of drug-likeness (QED) is 0.811. The number of benzene rings is 2. The lowest BCUT2D eigenvalue weighted by atomic mass is 10.1. The highest BCUT2D eigenvalue weighted by atomic mass is 79.9. The predicted molar refractivity (Wildman–Crippen MR) is 77.9 cm³/mol. The van der Waals surface area contributed by atoms with Gasteiger partial charge in [-0.2, -0.15) is 0 Å². The molecule has 104 valence electrons. The van der Waals surface area contributed by atoms with Gasteiger partial charge in [-0.05, 0) is 65.3 Å². The second-order valence-corrected chi connectivity index (χ2v) is 5.01. The molecule has 2 aromatic rings. The third-order valence-corrected chi connectivity index (χ3v) is 3.51. The first-order valence-corrected chi connectivity index (χ1v) is 6.84. The summed E-state index contributed by atoms with van der Waals surface area (Å²) in [5.41, 5.74) is 0.819. The van der Waals surface area contributed by atoms with Gasteiger partial charge in [-0.3, -0.25) is 4.79 Å². The summed E-state index contributed by atoms with van der Waals surface area (Å²) < 4.78 is 26.7. The number of carbonyl (C=O) groups excluding carboxylic acids is 1. The van der Waals surface area contributed by atoms with Crippen molar-refractivity contribution in [2.24, 2.45) is 0 Å². The molecule has 0 unspecified atom stereocenters. The van der Waals surface area contributed by atoms with Crippen LogP contribution in [0.2, 0.25) is 0 Å². The molecule has 2 nitrogen and oxygen atoms in total. The number of carbonyl (C=O) groups is 1. The van der Waals surface area contributed by atoms with Crippen LogP contribution in [0.3, 0.4) is 0 Å². The summed E-state index contributed by atoms with van der Waals surface area (Å²) in [5.74, 6) is -1.19. The molecule has 20 heavy (non-hydrogen) atoms. The molecule has 0 saturated carbocycles. The Hall–Kier alpha value is -1.75. The topological polar surface area (TPSA) is 20.3 Å². The van der Waals surface area contributed by atoms with Crippen LogP contribution in [-0.4, -0.2) is 12.5 Å². The predicted octanol–water partition coefficient (Wildman–Crippen LogP) is 4.39. The minimum absolute atomic E-state index is 0.247. The number of anilines is 1. The summed E-state index contributed by atoms with van der Waals surface area (Å²) in [6.45, 7) is 2.21. The molecule has 5 heteroatoms. The second-order valence-electron chi connectivity index (χ2n) is 4.15. The first kappa shape index (κ1) is 14.7. The van der Waals surface area contributed by atoms with Crippen molar-refractivity contribution < 1.29 is 13.6 Å². The van der Waals surface area contributed by atoms with Crippen LogP contribution < -0.4 is 4.90 Å². The number of halogens is 3. The smallest absolute Gasteiger partial charge is 0.258 e. The summed E-state index contributed by atoms with van der Waals surface area (Å²) >= 11 is 3.04. The third kappa shape index (κ3) is 3.04. The summed E-state index contributed by atoms with van der Waals surface area (Å²) in [5, 5.41) is 0. The van der Waals surface area contributed by atoms with Gasteiger partial charge in [0.25, 0.3) is 5.91 Å². The van der Waals surface area contributed by atoms with Crippen molar-refractivity contribution in [1.82, 2.24) is 0 Å². The van der Waals surface area contributed by atoms with E-state index in [0.717, 1.165) is 0 Å². The minimum atomic E-state index is -0.494. The van der Waals surface area contributed by atoms with Crippen LogP contribution in [-0.2, 0) is 0 Å². The van der Waals surface area contributed by atoms with Gasteiger partial charge in [-0.25, -0.2) is 8.78 Å². The SMILES string of the molecule is CCN(C(=O)c1ccc(Br)c(F)c1)c1ccc(F)cc1. The van der Waals surface area contributed by atoms with E-state index in [1.165, 1.54) is 41.3 Å². The zero-order chi connectivity index (χ0) is 14.7. The highest BCUT2D eigenvalue weighted by molar-refractivity contribution is 9.10. The van der Waals surface area contributed by atoms with Crippen LogP contribution in [0.15, 0.2) is 46.9 Å². The molecule has 0 fully saturated rings. The standard InChI is InChI=1S/C15H12BrF2NO/c1-2-19(12-6-4-11(17)5-7-12)15(20)10-3-8-13(16)14(18)9-10/h3-9H,2H2,1H3. The normalized spacial score (nSPS) is 10.4. The van der Waals surface area contributed by atoms with Crippen molar-refractivity contribution in [2.45, 2.75) is 6.92 Å². The maximum absolute atomic E-state index is 13.5. The van der Waals surface area contributed by atoms with E-state index in [1.807, 2.05) is 0 Å². The number of hydrogen-bond acceptors (Lipinski definition) is 1. The van der Waals surface area contributed by atoms with Gasteiger partial charge in [-0.15, -0.1) is 0 Å². The average Bonchev–Trinajstić information content (AvgIpc) is 2.44. The molecule has 2 rings (SSSR count). The molecule has 0 heterocycles. The largest absolute Gasteiger partial charge is 0.309 e. The summed E-state index contributed by atoms with van der Waals surface area (Å²) in [6.07, 6.45) is 0. The van der Waals surface area contributed by atoms with Crippen LogP contribution in [0.5, 0.6) is 0 Å². The van der Waals surface area contributed by atoms with Gasteiger partial charge < -0.3 is 4.90 Å². The van der Waals surface area contributed by atoms with Crippen LogP contribution in [0.25, 0.3) is 0 Å². The Labute approximate surface area is 124 Å². The fraction of sp³-hybridized carbons (Fsp3) is 0.133. The fourth-order valence-corrected chi connectivity index (χ4v) is 2.10. The Bertz CT molecular complexity index is 628. The van der Waals surface area contributed by atoms with Crippen molar-refractivity contribution in [3.05, 3.63) is 64.1 Å². The van der Waals surface area contributed by atoms with E-state index in [1.54, 1.807) is 13.0 Å². The van der Waals surface area contributed by atoms with E-state index >= 15 is 0 Å². The molecule has 0 N–H and O–H groups in total. The van der Waals surface area contributed by atoms with Gasteiger partial charge in [0, 0.05) is 17.8 Å². The lowest BCUT2D eigenvalue weighted by Crippen LogP contribution is -2.30. The molecule has 0 aliphatic heterocycles. The first-order valence-electron chi connectivity index (χ1n) is 6.05. The van der Waals surface area contributed by atoms with E-state index in [9.17, 15) is 13.6 Å². The summed E-state index contributed by atoms with van der Waals surface area (Å²) in [6, 6.07) is 9.82. The minimum Gasteiger partial charge on any atom is -0.309 e. The maximum Gasteiger partial charge on any atom is 0.258 e. The Morgan fingerprint density at radius 1 is 1.15 bits per heavy atom. The van der Waals surface area contributed by atoms with Gasteiger partial charge in [0.2, 0.25) is 0 Å². The highest BCUT2D eigenvalue weighted by Gasteiger charge is 2.17. The Morgan fingerprint density at radius 2 is 1.80 bits per heavy atom. The summed E-state index contributed by atoms with van der Waals surface area (Å²) in [7, 11) is 0. The van der Waals surface area contributed by atoms with Gasteiger partial charge in [0.1, 0.15) is 11.6 Å². The third-order valence-electron chi connectivity index (χ3n) is 2.87. The van der Waals surface area contributed by atoms with Crippen molar-refractivity contribution in [3.8, 4) is 0 Å². The maximum atomic E-state index is 13.5. The number of nitrogens with zero attached hydrogens (tertiary/aromatic N) is 1. The molecule has 0 saturated heterocycles. The van der Waals surface area contributed by atoms with E-state index in [2.05, 4.69) is 15.9 Å². The molecule has 0 aromatic heterocycles. The second kappa shape index (κ2) is 6.13. The first-order chi connectivity index (χ1) is 9.52. The molecule has 2 aromatic carbocycles. The molecule has 0 spiro atoms. The van der Waals surface area contributed by atoms with Gasteiger partial charge in [0.15, 0.2) is 0 Å². The molecule has 1 amide bonds. The molecular weight excluding hydrogens is 328 g/mol. The molecule has 0 aliphatic rings. The highest BCUT2D eigenvalue weighted by Crippen LogP contribution is 2.21. The molecule has 0 radical (unpaired) electrons. The lowest BCUT2D eigenvalue weighted by molar-refractivity contribution is 0.0988. The van der Waals surface area contributed by atoms with Crippen molar-refractivity contribution >= 4 is 27.5 Å². The van der Waals surface area contributed by atoms with Gasteiger partial charge in [-0.1, -0.05) is 0 Å². The number of rotatable bonds is 3. The Morgan fingerprint density at radius 3 is 2.35 bits per heavy atom. The van der Waals surface area contributed by atoms with E-state index in [-0.39, 0.29) is 17.3 Å². The van der Waals surface area contributed by atoms with E-state index in [0.29, 0.717) is 16.7 Å². The zero-order valence-corrected chi connectivity index (χ0v) is 12.3. The Balaban J connectivity index is 2.33. The molecular formula is C15H12BrF2NO. The lowest BCUT2D eigenvalue weighted by Gasteiger charge is -2.21. The van der Waals surface area contributed by atoms with Gasteiger partial charge >= 0.3 is 0 Å². The fourth-order valence-electron chi connectivity index (χ4n) is 1.85. The summed E-state index contributed by atoms with van der Waals surface area (Å²) in [4.78, 5) is 13.8. The molecule has 0 bridgehead atoms. The number of amides is 1. The Kier molecular flexibility index (Phi) is 4.49. The van der Waals surface area contributed by atoms with Crippen LogP contribution >= 0.6 is 15.9 Å². The van der Waals surface area contributed by atoms with Crippen LogP contribution in [0, 0.1) is 11.6 Å². The van der Waals surface area contributed by atoms with Crippen molar-refractivity contribution in [3.63, 3.8) is 0 Å². The number of hydrogen-bond donors (Lipinski definition) is 0. The monoisotopic (exact) mass is 339 g/mol. The van der Waals surface area contributed by atoms with Gasteiger partial charge in [0.05, 0.1) is 4.47 Å². The molecule has 0 aliphatic carbocycles. The molecule has 0 atom stereocenters. The van der Waals surface area contributed by atoms with Crippen molar-refractivity contribution in [1.29, 1.82) is 0 Å². The van der Waals surface area contributed by atoms with E-state index in [4.69, 9.17) is 0 Å².